The molecule has 0 aliphatic carbocycles. The quantitative estimate of drug-likeness (QED) is 0.329. The summed E-state index contributed by atoms with van der Waals surface area (Å²) >= 11 is 0. The highest BCUT2D eigenvalue weighted by molar-refractivity contribution is 5.89. The Bertz CT molecular complexity index is 838. The fourth-order valence-electron chi connectivity index (χ4n) is 2.32. The Labute approximate surface area is 156 Å². The van der Waals surface area contributed by atoms with Gasteiger partial charge in [-0.15, -0.1) is 0 Å². The predicted molar refractivity (Wildman–Crippen MR) is 97.7 cm³/mol. The van der Waals surface area contributed by atoms with Gasteiger partial charge in [-0.2, -0.15) is 0 Å². The van der Waals surface area contributed by atoms with Gasteiger partial charge in [0.2, 0.25) is 0 Å². The van der Waals surface area contributed by atoms with Crippen molar-refractivity contribution in [3.05, 3.63) is 69.5 Å². The lowest BCUT2D eigenvalue weighted by molar-refractivity contribution is -0.402. The molecule has 0 aliphatic rings. The van der Waals surface area contributed by atoms with Crippen molar-refractivity contribution in [1.82, 2.24) is 5.32 Å². The zero-order valence-corrected chi connectivity index (χ0v) is 15.0. The molecule has 1 aromatic carbocycles. The minimum Gasteiger partial charge on any atom is -0.452 e. The zero-order valence-electron chi connectivity index (χ0n) is 15.0. The maximum Gasteiger partial charge on any atom is 0.433 e. The number of ether oxygens (including phenoxy) is 1. The maximum absolute atomic E-state index is 12.0. The van der Waals surface area contributed by atoms with E-state index in [0.717, 1.165) is 17.2 Å². The molecule has 0 fully saturated rings. The summed E-state index contributed by atoms with van der Waals surface area (Å²) in [6.07, 6.45) is 2.96. The van der Waals surface area contributed by atoms with Gasteiger partial charge in [0.05, 0.1) is 12.1 Å². The van der Waals surface area contributed by atoms with Gasteiger partial charge in [-0.05, 0) is 31.1 Å². The van der Waals surface area contributed by atoms with Crippen molar-refractivity contribution in [3.8, 4) is 0 Å². The molecular formula is C19H20N2O6. The first-order valence-electron chi connectivity index (χ1n) is 8.34. The molecule has 2 aromatic rings. The number of nitrogens with one attached hydrogen (secondary N) is 1. The van der Waals surface area contributed by atoms with Crippen LogP contribution in [0.2, 0.25) is 0 Å². The summed E-state index contributed by atoms with van der Waals surface area (Å²) in [7, 11) is 0. The van der Waals surface area contributed by atoms with Crippen molar-refractivity contribution in [2.45, 2.75) is 26.3 Å². The molecule has 0 aliphatic heterocycles. The van der Waals surface area contributed by atoms with E-state index < -0.39 is 29.3 Å². The van der Waals surface area contributed by atoms with E-state index in [4.69, 9.17) is 9.15 Å². The van der Waals surface area contributed by atoms with Crippen LogP contribution in [0.4, 0.5) is 5.88 Å². The van der Waals surface area contributed by atoms with Gasteiger partial charge in [-0.1, -0.05) is 36.8 Å². The van der Waals surface area contributed by atoms with Crippen molar-refractivity contribution in [2.75, 3.05) is 6.61 Å². The number of carbonyl (C=O) groups is 2. The van der Waals surface area contributed by atoms with Gasteiger partial charge < -0.3 is 14.5 Å². The van der Waals surface area contributed by atoms with Crippen LogP contribution in [0, 0.1) is 17.0 Å². The number of hydrogen-bond donors (Lipinski definition) is 1. The third kappa shape index (κ3) is 6.10. The molecule has 1 N–H and O–H groups in total. The molecule has 1 heterocycles. The van der Waals surface area contributed by atoms with Crippen LogP contribution < -0.4 is 5.32 Å². The molecule has 0 radical (unpaired) electrons. The number of rotatable bonds is 8. The number of carbonyl (C=O) groups excluding carboxylic acids is 2. The second-order valence-electron chi connectivity index (χ2n) is 5.81. The molecule has 0 saturated carbocycles. The molecule has 0 unspecified atom stereocenters. The van der Waals surface area contributed by atoms with Crippen molar-refractivity contribution in [2.24, 2.45) is 0 Å². The summed E-state index contributed by atoms with van der Waals surface area (Å²) in [6, 6.07) is 10.2. The summed E-state index contributed by atoms with van der Waals surface area (Å²) in [6.45, 7) is 3.50. The van der Waals surface area contributed by atoms with Crippen molar-refractivity contribution < 1.29 is 23.7 Å². The maximum atomic E-state index is 12.0. The zero-order chi connectivity index (χ0) is 19.8. The van der Waals surface area contributed by atoms with Crippen LogP contribution in [-0.4, -0.2) is 23.4 Å². The first-order chi connectivity index (χ1) is 12.9. The summed E-state index contributed by atoms with van der Waals surface area (Å²) in [5.41, 5.74) is 2.10. The number of aryl methyl sites for hydroxylation is 1. The summed E-state index contributed by atoms with van der Waals surface area (Å²) in [4.78, 5) is 33.5. The fraction of sp³-hybridized carbons (Fsp3) is 0.263. The van der Waals surface area contributed by atoms with Crippen LogP contribution in [0.25, 0.3) is 6.08 Å². The fourth-order valence-corrected chi connectivity index (χ4v) is 2.32. The highest BCUT2D eigenvalue weighted by Crippen LogP contribution is 2.17. The lowest BCUT2D eigenvalue weighted by Crippen LogP contribution is -2.32. The summed E-state index contributed by atoms with van der Waals surface area (Å²) < 4.78 is 9.74. The van der Waals surface area contributed by atoms with Gasteiger partial charge in [0.1, 0.15) is 10.7 Å². The second-order valence-corrected chi connectivity index (χ2v) is 5.81. The van der Waals surface area contributed by atoms with E-state index in [1.165, 1.54) is 18.2 Å². The summed E-state index contributed by atoms with van der Waals surface area (Å²) in [5.74, 6) is -1.47. The van der Waals surface area contributed by atoms with E-state index in [1.807, 2.05) is 38.1 Å². The molecule has 0 spiro atoms. The van der Waals surface area contributed by atoms with Crippen molar-refractivity contribution in [1.29, 1.82) is 0 Å². The van der Waals surface area contributed by atoms with E-state index in [2.05, 4.69) is 5.32 Å². The molecule has 1 aromatic heterocycles. The Balaban J connectivity index is 1.82. The average molecular weight is 372 g/mol. The first-order valence-corrected chi connectivity index (χ1v) is 8.34. The van der Waals surface area contributed by atoms with Gasteiger partial charge in [0.15, 0.2) is 6.61 Å². The first kappa shape index (κ1) is 19.9. The Kier molecular flexibility index (Phi) is 6.87. The largest absolute Gasteiger partial charge is 0.452 e. The molecule has 27 heavy (non-hydrogen) atoms. The third-order valence-corrected chi connectivity index (χ3v) is 3.74. The molecule has 8 heteroatoms. The van der Waals surface area contributed by atoms with E-state index >= 15 is 0 Å². The molecule has 8 nitrogen and oxygen atoms in total. The molecule has 142 valence electrons. The van der Waals surface area contributed by atoms with Gasteiger partial charge >= 0.3 is 11.9 Å². The molecular weight excluding hydrogens is 352 g/mol. The van der Waals surface area contributed by atoms with Crippen LogP contribution >= 0.6 is 0 Å². The number of furan rings is 1. The number of benzene rings is 1. The predicted octanol–water partition coefficient (Wildman–Crippen LogP) is 3.32. The smallest absolute Gasteiger partial charge is 0.433 e. The number of esters is 1. The Morgan fingerprint density at radius 3 is 2.56 bits per heavy atom. The van der Waals surface area contributed by atoms with E-state index in [9.17, 15) is 19.7 Å². The van der Waals surface area contributed by atoms with Crippen LogP contribution in [0.5, 0.6) is 0 Å². The van der Waals surface area contributed by atoms with Gasteiger partial charge in [0.25, 0.3) is 5.91 Å². The lowest BCUT2D eigenvalue weighted by Gasteiger charge is -2.17. The number of nitrogens with zero attached hydrogens (tertiary/aromatic N) is 1. The van der Waals surface area contributed by atoms with Crippen LogP contribution in [0.3, 0.4) is 0 Å². The van der Waals surface area contributed by atoms with Crippen LogP contribution in [-0.2, 0) is 14.3 Å². The number of nitro groups is 1. The Morgan fingerprint density at radius 1 is 1.26 bits per heavy atom. The number of hydrogen-bond acceptors (Lipinski definition) is 6. The SMILES string of the molecule is CC[C@H](NC(=O)COC(=O)/C=C/c1ccc([N+](=O)[O-])o1)c1ccc(C)cc1. The Hall–Kier alpha value is -3.42. The Morgan fingerprint density at radius 2 is 1.96 bits per heavy atom. The minimum atomic E-state index is -0.757. The molecule has 0 saturated heterocycles. The summed E-state index contributed by atoms with van der Waals surface area (Å²) in [5, 5.41) is 13.3. The van der Waals surface area contributed by atoms with Crippen molar-refractivity contribution >= 4 is 23.8 Å². The average Bonchev–Trinajstić information content (AvgIpc) is 3.13. The minimum absolute atomic E-state index is 0.133. The van der Waals surface area contributed by atoms with E-state index in [1.54, 1.807) is 0 Å². The standard InChI is InChI=1S/C19H20N2O6/c1-3-16(14-6-4-13(2)5-7-14)20-17(22)12-26-19(23)11-9-15-8-10-18(27-15)21(24)25/h4-11,16H,3,12H2,1-2H3,(H,20,22)/b11-9+/t16-/m0/s1. The molecule has 1 amide bonds. The molecule has 1 atom stereocenters. The topological polar surface area (TPSA) is 112 Å². The molecule has 2 rings (SSSR count). The molecule has 0 bridgehead atoms. The number of amides is 1. The highest BCUT2D eigenvalue weighted by Gasteiger charge is 2.14. The van der Waals surface area contributed by atoms with Crippen molar-refractivity contribution in [3.63, 3.8) is 0 Å². The second kappa shape index (κ2) is 9.33. The third-order valence-electron chi connectivity index (χ3n) is 3.74. The van der Waals surface area contributed by atoms with E-state index in [0.29, 0.717) is 6.42 Å². The normalized spacial score (nSPS) is 11.9. The monoisotopic (exact) mass is 372 g/mol. The van der Waals surface area contributed by atoms with E-state index in [-0.39, 0.29) is 11.8 Å². The van der Waals surface area contributed by atoms with Crippen LogP contribution in [0.15, 0.2) is 46.9 Å². The lowest BCUT2D eigenvalue weighted by atomic mass is 10.0. The van der Waals surface area contributed by atoms with Gasteiger partial charge in [-0.25, -0.2) is 4.79 Å². The van der Waals surface area contributed by atoms with Gasteiger partial charge in [0, 0.05) is 6.08 Å². The van der Waals surface area contributed by atoms with Gasteiger partial charge in [-0.3, -0.25) is 14.9 Å². The van der Waals surface area contributed by atoms with Crippen LogP contribution in [0.1, 0.15) is 36.3 Å². The highest BCUT2D eigenvalue weighted by atomic mass is 16.6.